The molecule has 0 amide bonds. The molecule has 0 saturated carbocycles. The first-order valence-corrected chi connectivity index (χ1v) is 5.46. The highest BCUT2D eigenvalue weighted by Crippen LogP contribution is 2.25. The molecule has 0 bridgehead atoms. The predicted octanol–water partition coefficient (Wildman–Crippen LogP) is 2.93. The minimum atomic E-state index is -2.70. The highest BCUT2D eigenvalue weighted by molar-refractivity contribution is 14.1. The molecule has 1 N–H and O–H groups in total. The summed E-state index contributed by atoms with van der Waals surface area (Å²) in [5.41, 5.74) is -0.537. The van der Waals surface area contributed by atoms with Gasteiger partial charge in [0.1, 0.15) is 7.40 Å². The number of aromatic carboxylic acids is 1. The van der Waals surface area contributed by atoms with E-state index >= 15 is 0 Å². The van der Waals surface area contributed by atoms with E-state index in [1.54, 1.807) is 45.2 Å². The van der Waals surface area contributed by atoms with Gasteiger partial charge in [-0.25, -0.2) is 18.6 Å². The number of carboxylic acids is 1. The summed E-state index contributed by atoms with van der Waals surface area (Å²) in [4.78, 5) is 14.3. The molecular formula is C7H3F2I2NO2. The number of hydrogen-bond acceptors (Lipinski definition) is 2. The minimum Gasteiger partial charge on any atom is -0.478 e. The minimum absolute atomic E-state index is 0.131. The van der Waals surface area contributed by atoms with Crippen LogP contribution in [0, 0.1) is 7.40 Å². The van der Waals surface area contributed by atoms with Crippen molar-refractivity contribution in [2.75, 3.05) is 0 Å². The summed E-state index contributed by atoms with van der Waals surface area (Å²) in [6.45, 7) is 0. The van der Waals surface area contributed by atoms with Crippen molar-refractivity contribution in [2.45, 2.75) is 6.43 Å². The Hall–Kier alpha value is -0.0600. The van der Waals surface area contributed by atoms with E-state index in [0.717, 1.165) is 6.07 Å². The third-order valence-corrected chi connectivity index (χ3v) is 3.11. The third-order valence-electron chi connectivity index (χ3n) is 1.42. The van der Waals surface area contributed by atoms with Crippen LogP contribution in [0.25, 0.3) is 0 Å². The first kappa shape index (κ1) is 12.0. The summed E-state index contributed by atoms with van der Waals surface area (Å²) in [6, 6.07) is 0.962. The molecule has 3 nitrogen and oxygen atoms in total. The largest absolute Gasteiger partial charge is 0.478 e. The Labute approximate surface area is 105 Å². The van der Waals surface area contributed by atoms with Crippen LogP contribution in [0.3, 0.4) is 0 Å². The molecule has 0 fully saturated rings. The van der Waals surface area contributed by atoms with Crippen molar-refractivity contribution in [3.63, 3.8) is 0 Å². The van der Waals surface area contributed by atoms with Crippen molar-refractivity contribution in [2.24, 2.45) is 0 Å². The lowest BCUT2D eigenvalue weighted by Gasteiger charge is -2.05. The Morgan fingerprint density at radius 1 is 1.43 bits per heavy atom. The van der Waals surface area contributed by atoms with Gasteiger partial charge in [-0.1, -0.05) is 0 Å². The first-order chi connectivity index (χ1) is 6.43. The molecule has 0 spiro atoms. The Kier molecular flexibility index (Phi) is 3.98. The fourth-order valence-corrected chi connectivity index (χ4v) is 2.51. The van der Waals surface area contributed by atoms with Crippen LogP contribution in [0.5, 0.6) is 0 Å². The normalized spacial score (nSPS) is 10.6. The van der Waals surface area contributed by atoms with Crippen molar-refractivity contribution in [3.8, 4) is 0 Å². The molecule has 1 aromatic heterocycles. The van der Waals surface area contributed by atoms with E-state index in [9.17, 15) is 13.6 Å². The summed E-state index contributed by atoms with van der Waals surface area (Å²) >= 11 is 3.35. The molecule has 0 atom stereocenters. The van der Waals surface area contributed by atoms with Crippen LogP contribution in [-0.2, 0) is 0 Å². The molecule has 1 rings (SSSR count). The van der Waals surface area contributed by atoms with Gasteiger partial charge in [0.2, 0.25) is 0 Å². The molecule has 0 aliphatic rings. The molecule has 0 unspecified atom stereocenters. The van der Waals surface area contributed by atoms with Crippen LogP contribution in [0.15, 0.2) is 6.07 Å². The van der Waals surface area contributed by atoms with Gasteiger partial charge in [0.25, 0.3) is 6.43 Å². The van der Waals surface area contributed by atoms with Crippen LogP contribution < -0.4 is 0 Å². The zero-order valence-corrected chi connectivity index (χ0v) is 10.8. The molecule has 0 radical (unpaired) electrons. The van der Waals surface area contributed by atoms with Crippen LogP contribution >= 0.6 is 45.2 Å². The second kappa shape index (κ2) is 4.64. The molecule has 0 aromatic carbocycles. The van der Waals surface area contributed by atoms with Gasteiger partial charge < -0.3 is 5.11 Å². The smallest absolute Gasteiger partial charge is 0.338 e. The van der Waals surface area contributed by atoms with Crippen LogP contribution in [-0.4, -0.2) is 16.1 Å². The second-order valence-electron chi connectivity index (χ2n) is 2.31. The second-order valence-corrected chi connectivity index (χ2v) is 4.36. The van der Waals surface area contributed by atoms with Gasteiger partial charge in [-0.15, -0.1) is 0 Å². The molecule has 14 heavy (non-hydrogen) atoms. The number of pyridine rings is 1. The first-order valence-electron chi connectivity index (χ1n) is 3.31. The number of carbonyl (C=O) groups is 1. The molecule has 7 heteroatoms. The highest BCUT2D eigenvalue weighted by atomic mass is 127. The van der Waals surface area contributed by atoms with Gasteiger partial charge >= 0.3 is 5.97 Å². The summed E-state index contributed by atoms with van der Waals surface area (Å²) in [5.74, 6) is -1.25. The summed E-state index contributed by atoms with van der Waals surface area (Å²) in [5, 5.41) is 8.67. The van der Waals surface area contributed by atoms with Crippen LogP contribution in [0.4, 0.5) is 8.78 Å². The summed E-state index contributed by atoms with van der Waals surface area (Å²) < 4.78 is 25.1. The molecule has 1 heterocycles. The van der Waals surface area contributed by atoms with Crippen molar-refractivity contribution >= 4 is 51.2 Å². The van der Waals surface area contributed by atoms with E-state index < -0.39 is 12.4 Å². The van der Waals surface area contributed by atoms with Gasteiger partial charge in [-0.05, 0) is 51.2 Å². The van der Waals surface area contributed by atoms with Crippen LogP contribution in [0.1, 0.15) is 22.3 Å². The fraction of sp³-hybridized carbons (Fsp3) is 0.143. The lowest BCUT2D eigenvalue weighted by atomic mass is 10.2. The molecule has 1 aromatic rings. The standard InChI is InChI=1S/C7H3F2I2NO2/c8-4(9)2-1-3(7(13)14)6(11)12-5(2)10/h1,4H,(H,13,14). The monoisotopic (exact) mass is 425 g/mol. The zero-order chi connectivity index (χ0) is 10.9. The fourth-order valence-electron chi connectivity index (χ4n) is 0.789. The maximum absolute atomic E-state index is 12.4. The number of hydrogen-bond donors (Lipinski definition) is 1. The van der Waals surface area contributed by atoms with Crippen molar-refractivity contribution in [1.29, 1.82) is 0 Å². The maximum Gasteiger partial charge on any atom is 0.338 e. The Bertz CT molecular complexity index is 384. The van der Waals surface area contributed by atoms with E-state index in [-0.39, 0.29) is 18.5 Å². The van der Waals surface area contributed by atoms with E-state index in [4.69, 9.17) is 5.11 Å². The average molecular weight is 425 g/mol. The molecule has 0 saturated heterocycles. The zero-order valence-electron chi connectivity index (χ0n) is 6.47. The number of rotatable bonds is 2. The number of carboxylic acid groups (broad SMARTS) is 1. The van der Waals surface area contributed by atoms with Crippen molar-refractivity contribution in [1.82, 2.24) is 4.98 Å². The van der Waals surface area contributed by atoms with Gasteiger partial charge in [-0.2, -0.15) is 0 Å². The predicted molar refractivity (Wildman–Crippen MR) is 61.6 cm³/mol. The van der Waals surface area contributed by atoms with Gasteiger partial charge in [0.05, 0.1) is 11.1 Å². The quantitative estimate of drug-likeness (QED) is 0.586. The van der Waals surface area contributed by atoms with Crippen molar-refractivity contribution < 1.29 is 18.7 Å². The van der Waals surface area contributed by atoms with Gasteiger partial charge in [0, 0.05) is 0 Å². The maximum atomic E-state index is 12.4. The average Bonchev–Trinajstić information content (AvgIpc) is 2.02. The number of halogens is 4. The lowest BCUT2D eigenvalue weighted by molar-refractivity contribution is 0.0694. The molecular weight excluding hydrogens is 422 g/mol. The molecule has 76 valence electrons. The van der Waals surface area contributed by atoms with Crippen LogP contribution in [0.2, 0.25) is 0 Å². The van der Waals surface area contributed by atoms with Gasteiger partial charge in [-0.3, -0.25) is 0 Å². The summed E-state index contributed by atoms with van der Waals surface area (Å²) in [7, 11) is 0. The number of alkyl halides is 2. The summed E-state index contributed by atoms with van der Waals surface area (Å²) in [6.07, 6.45) is -2.70. The number of aromatic nitrogens is 1. The van der Waals surface area contributed by atoms with Gasteiger partial charge in [0.15, 0.2) is 0 Å². The van der Waals surface area contributed by atoms with E-state index in [1.807, 2.05) is 0 Å². The highest BCUT2D eigenvalue weighted by Gasteiger charge is 2.18. The Balaban J connectivity index is 3.34. The van der Waals surface area contributed by atoms with Crippen molar-refractivity contribution in [3.05, 3.63) is 24.6 Å². The third kappa shape index (κ3) is 2.49. The Morgan fingerprint density at radius 2 is 2.00 bits per heavy atom. The van der Waals surface area contributed by atoms with E-state index in [0.29, 0.717) is 0 Å². The SMILES string of the molecule is O=C(O)c1cc(C(F)F)c(I)nc1I. The Morgan fingerprint density at radius 3 is 2.43 bits per heavy atom. The number of nitrogens with zero attached hydrogens (tertiary/aromatic N) is 1. The van der Waals surface area contributed by atoms with E-state index in [2.05, 4.69) is 4.98 Å². The molecule has 0 aliphatic carbocycles. The topological polar surface area (TPSA) is 50.2 Å². The van der Waals surface area contributed by atoms with E-state index in [1.165, 1.54) is 0 Å². The lowest BCUT2D eigenvalue weighted by Crippen LogP contribution is -2.06. The molecule has 0 aliphatic heterocycles.